The van der Waals surface area contributed by atoms with E-state index < -0.39 is 11.7 Å². The van der Waals surface area contributed by atoms with E-state index in [1.807, 2.05) is 24.3 Å². The molecule has 2 aromatic carbocycles. The highest BCUT2D eigenvalue weighted by molar-refractivity contribution is 5.95. The molecule has 0 bridgehead atoms. The van der Waals surface area contributed by atoms with E-state index in [2.05, 4.69) is 16.0 Å². The lowest BCUT2D eigenvalue weighted by Gasteiger charge is -2.19. The van der Waals surface area contributed by atoms with Crippen molar-refractivity contribution in [2.24, 2.45) is 5.92 Å². The SMILES string of the molecule is CC(C)(C)OC(=O)NCc1ccc(C(=O)NCc2cccc(NC(=O)C3CC3)c2)cc1. The van der Waals surface area contributed by atoms with Crippen LogP contribution >= 0.6 is 0 Å². The largest absolute Gasteiger partial charge is 0.444 e. The molecule has 0 spiro atoms. The van der Waals surface area contributed by atoms with Crippen LogP contribution in [0.3, 0.4) is 0 Å². The molecule has 1 aliphatic carbocycles. The Morgan fingerprint density at radius 2 is 1.61 bits per heavy atom. The van der Waals surface area contributed by atoms with Crippen LogP contribution in [0.25, 0.3) is 0 Å². The molecule has 3 N–H and O–H groups in total. The van der Waals surface area contributed by atoms with Crippen molar-refractivity contribution in [2.75, 3.05) is 5.32 Å². The van der Waals surface area contributed by atoms with Crippen LogP contribution in [-0.4, -0.2) is 23.5 Å². The number of hydrogen-bond donors (Lipinski definition) is 3. The van der Waals surface area contributed by atoms with Crippen molar-refractivity contribution in [2.45, 2.75) is 52.3 Å². The van der Waals surface area contributed by atoms with E-state index in [4.69, 9.17) is 4.74 Å². The maximum atomic E-state index is 12.4. The monoisotopic (exact) mass is 423 g/mol. The van der Waals surface area contributed by atoms with Gasteiger partial charge in [0.25, 0.3) is 5.91 Å². The molecule has 0 radical (unpaired) electrons. The van der Waals surface area contributed by atoms with Crippen molar-refractivity contribution >= 4 is 23.6 Å². The van der Waals surface area contributed by atoms with Gasteiger partial charge in [-0.25, -0.2) is 4.79 Å². The summed E-state index contributed by atoms with van der Waals surface area (Å²) in [5.74, 6) is 0.00664. The summed E-state index contributed by atoms with van der Waals surface area (Å²) >= 11 is 0. The smallest absolute Gasteiger partial charge is 0.407 e. The van der Waals surface area contributed by atoms with Crippen LogP contribution < -0.4 is 16.0 Å². The molecule has 31 heavy (non-hydrogen) atoms. The lowest BCUT2D eigenvalue weighted by molar-refractivity contribution is -0.117. The summed E-state index contributed by atoms with van der Waals surface area (Å²) in [6, 6.07) is 14.5. The van der Waals surface area contributed by atoms with Crippen molar-refractivity contribution in [1.29, 1.82) is 0 Å². The van der Waals surface area contributed by atoms with Crippen molar-refractivity contribution in [3.05, 3.63) is 65.2 Å². The van der Waals surface area contributed by atoms with Gasteiger partial charge in [0.15, 0.2) is 0 Å². The van der Waals surface area contributed by atoms with Crippen LogP contribution in [-0.2, 0) is 22.6 Å². The van der Waals surface area contributed by atoms with Gasteiger partial charge in [0.1, 0.15) is 5.60 Å². The predicted molar refractivity (Wildman–Crippen MR) is 118 cm³/mol. The van der Waals surface area contributed by atoms with E-state index in [9.17, 15) is 14.4 Å². The highest BCUT2D eigenvalue weighted by Gasteiger charge is 2.29. The van der Waals surface area contributed by atoms with Gasteiger partial charge in [-0.1, -0.05) is 24.3 Å². The van der Waals surface area contributed by atoms with E-state index in [1.165, 1.54) is 0 Å². The minimum atomic E-state index is -0.547. The number of carbonyl (C=O) groups is 3. The second-order valence-corrected chi connectivity index (χ2v) is 8.70. The Morgan fingerprint density at radius 1 is 0.935 bits per heavy atom. The number of amides is 3. The van der Waals surface area contributed by atoms with Gasteiger partial charge < -0.3 is 20.7 Å². The summed E-state index contributed by atoms with van der Waals surface area (Å²) in [5.41, 5.74) is 2.49. The normalized spacial score (nSPS) is 13.3. The lowest BCUT2D eigenvalue weighted by atomic mass is 10.1. The van der Waals surface area contributed by atoms with E-state index >= 15 is 0 Å². The minimum absolute atomic E-state index is 0.0578. The Kier molecular flexibility index (Phi) is 6.95. The molecule has 1 aliphatic rings. The summed E-state index contributed by atoms with van der Waals surface area (Å²) in [6.45, 7) is 6.09. The molecular formula is C24H29N3O4. The molecule has 0 heterocycles. The first-order valence-electron chi connectivity index (χ1n) is 10.4. The molecule has 0 aromatic heterocycles. The molecule has 164 valence electrons. The van der Waals surface area contributed by atoms with Gasteiger partial charge in [0, 0.05) is 30.3 Å². The van der Waals surface area contributed by atoms with Gasteiger partial charge in [0.2, 0.25) is 5.91 Å². The first-order valence-corrected chi connectivity index (χ1v) is 10.4. The zero-order chi connectivity index (χ0) is 22.4. The van der Waals surface area contributed by atoms with Gasteiger partial charge in [-0.2, -0.15) is 0 Å². The third-order valence-corrected chi connectivity index (χ3v) is 4.65. The fraction of sp³-hybridized carbons (Fsp3) is 0.375. The van der Waals surface area contributed by atoms with E-state index in [0.29, 0.717) is 18.7 Å². The van der Waals surface area contributed by atoms with Crippen LogP contribution in [0.15, 0.2) is 48.5 Å². The highest BCUT2D eigenvalue weighted by atomic mass is 16.6. The molecule has 3 amide bonds. The topological polar surface area (TPSA) is 96.5 Å². The first kappa shape index (κ1) is 22.3. The number of hydrogen-bond acceptors (Lipinski definition) is 4. The molecule has 7 heteroatoms. The molecular weight excluding hydrogens is 394 g/mol. The first-order chi connectivity index (χ1) is 14.7. The molecule has 0 aliphatic heterocycles. The van der Waals surface area contributed by atoms with Gasteiger partial charge in [0.05, 0.1) is 0 Å². The van der Waals surface area contributed by atoms with E-state index in [1.54, 1.807) is 45.0 Å². The van der Waals surface area contributed by atoms with E-state index in [0.717, 1.165) is 29.7 Å². The number of carbonyl (C=O) groups excluding carboxylic acids is 3. The molecule has 1 fully saturated rings. The van der Waals surface area contributed by atoms with Crippen molar-refractivity contribution in [1.82, 2.24) is 10.6 Å². The second kappa shape index (κ2) is 9.64. The molecule has 3 rings (SSSR count). The van der Waals surface area contributed by atoms with Gasteiger partial charge in [-0.3, -0.25) is 9.59 Å². The van der Waals surface area contributed by atoms with Crippen LogP contribution in [0.4, 0.5) is 10.5 Å². The maximum Gasteiger partial charge on any atom is 0.407 e. The van der Waals surface area contributed by atoms with Crippen molar-refractivity contribution < 1.29 is 19.1 Å². The Bertz CT molecular complexity index is 944. The predicted octanol–water partition coefficient (Wildman–Crippen LogP) is 3.99. The molecule has 0 unspecified atom stereocenters. The summed E-state index contributed by atoms with van der Waals surface area (Å²) < 4.78 is 5.20. The minimum Gasteiger partial charge on any atom is -0.444 e. The number of anilines is 1. The summed E-state index contributed by atoms with van der Waals surface area (Å²) in [6.07, 6.45) is 1.43. The Balaban J connectivity index is 1.47. The molecule has 1 saturated carbocycles. The van der Waals surface area contributed by atoms with Crippen LogP contribution in [0.2, 0.25) is 0 Å². The fourth-order valence-electron chi connectivity index (χ4n) is 2.90. The summed E-state index contributed by atoms with van der Waals surface area (Å²) in [4.78, 5) is 36.1. The average Bonchev–Trinajstić information content (AvgIpc) is 3.55. The third kappa shape index (κ3) is 7.44. The summed E-state index contributed by atoms with van der Waals surface area (Å²) in [5, 5.41) is 8.49. The number of benzene rings is 2. The Labute approximate surface area is 182 Å². The van der Waals surface area contributed by atoms with Gasteiger partial charge >= 0.3 is 6.09 Å². The van der Waals surface area contributed by atoms with Crippen molar-refractivity contribution in [3.63, 3.8) is 0 Å². The van der Waals surface area contributed by atoms with Crippen LogP contribution in [0.1, 0.15) is 55.1 Å². The average molecular weight is 424 g/mol. The maximum absolute atomic E-state index is 12.4. The van der Waals surface area contributed by atoms with Crippen LogP contribution in [0.5, 0.6) is 0 Å². The van der Waals surface area contributed by atoms with E-state index in [-0.39, 0.29) is 17.7 Å². The number of ether oxygens (including phenoxy) is 1. The lowest BCUT2D eigenvalue weighted by Crippen LogP contribution is -2.32. The second-order valence-electron chi connectivity index (χ2n) is 8.70. The standard InChI is InChI=1S/C24H29N3O4/c1-24(2,3)31-23(30)26-14-16-7-9-18(10-8-16)21(28)25-15-17-5-4-6-20(13-17)27-22(29)19-11-12-19/h4-10,13,19H,11-12,14-15H2,1-3H3,(H,25,28)(H,26,30)(H,27,29). The quantitative estimate of drug-likeness (QED) is 0.627. The van der Waals surface area contributed by atoms with Crippen molar-refractivity contribution in [3.8, 4) is 0 Å². The number of rotatable bonds is 7. The zero-order valence-electron chi connectivity index (χ0n) is 18.2. The highest BCUT2D eigenvalue weighted by Crippen LogP contribution is 2.30. The zero-order valence-corrected chi connectivity index (χ0v) is 18.2. The third-order valence-electron chi connectivity index (χ3n) is 4.65. The van der Waals surface area contributed by atoms with Gasteiger partial charge in [-0.05, 0) is 69.0 Å². The molecule has 7 nitrogen and oxygen atoms in total. The van der Waals surface area contributed by atoms with Crippen LogP contribution in [0, 0.1) is 5.92 Å². The molecule has 2 aromatic rings. The number of nitrogens with one attached hydrogen (secondary N) is 3. The number of alkyl carbamates (subject to hydrolysis) is 1. The fourth-order valence-corrected chi connectivity index (χ4v) is 2.90. The molecule has 0 saturated heterocycles. The summed E-state index contributed by atoms with van der Waals surface area (Å²) in [7, 11) is 0. The Morgan fingerprint density at radius 3 is 2.26 bits per heavy atom. The molecule has 0 atom stereocenters. The Hall–Kier alpha value is -3.35. The van der Waals surface area contributed by atoms with Gasteiger partial charge in [-0.15, -0.1) is 0 Å².